The molecule has 2 aromatic carbocycles. The van der Waals surface area contributed by atoms with Crippen LogP contribution in [0.5, 0.6) is 5.75 Å². The van der Waals surface area contributed by atoms with E-state index in [4.69, 9.17) is 4.74 Å². The lowest BCUT2D eigenvalue weighted by Gasteiger charge is -2.10. The first-order valence-corrected chi connectivity index (χ1v) is 6.41. The Balaban J connectivity index is 2.00. The van der Waals surface area contributed by atoms with Gasteiger partial charge in [-0.2, -0.15) is 0 Å². The molecule has 2 nitrogen and oxygen atoms in total. The van der Waals surface area contributed by atoms with E-state index in [1.54, 1.807) is 13.0 Å². The number of nitrogens with one attached hydrogen (secondary N) is 1. The molecule has 0 atom stereocenters. The largest absolute Gasteiger partial charge is 0.494 e. The summed E-state index contributed by atoms with van der Waals surface area (Å²) < 4.78 is 18.8. The Morgan fingerprint density at radius 1 is 1.11 bits per heavy atom. The summed E-state index contributed by atoms with van der Waals surface area (Å²) in [4.78, 5) is 0. The Labute approximate surface area is 113 Å². The van der Waals surface area contributed by atoms with Gasteiger partial charge in [0, 0.05) is 17.8 Å². The fraction of sp³-hybridized carbons (Fsp3) is 0.250. The first kappa shape index (κ1) is 13.4. The Morgan fingerprint density at radius 2 is 1.84 bits per heavy atom. The molecule has 0 spiro atoms. The summed E-state index contributed by atoms with van der Waals surface area (Å²) in [5.41, 5.74) is 2.61. The monoisotopic (exact) mass is 259 g/mol. The highest BCUT2D eigenvalue weighted by atomic mass is 19.1. The molecule has 0 unspecified atom stereocenters. The van der Waals surface area contributed by atoms with Crippen LogP contribution in [0.4, 0.5) is 10.1 Å². The first-order valence-electron chi connectivity index (χ1n) is 6.41. The van der Waals surface area contributed by atoms with Crippen LogP contribution in [0.3, 0.4) is 0 Å². The zero-order valence-corrected chi connectivity index (χ0v) is 11.2. The molecule has 0 fully saturated rings. The van der Waals surface area contributed by atoms with Crippen LogP contribution in [0.25, 0.3) is 0 Å². The maximum Gasteiger partial charge on any atom is 0.128 e. The summed E-state index contributed by atoms with van der Waals surface area (Å²) in [7, 11) is 0. The topological polar surface area (TPSA) is 21.3 Å². The molecule has 0 aliphatic carbocycles. The number of benzene rings is 2. The number of hydrogen-bond donors (Lipinski definition) is 1. The van der Waals surface area contributed by atoms with Crippen molar-refractivity contribution in [3.05, 3.63) is 59.4 Å². The summed E-state index contributed by atoms with van der Waals surface area (Å²) in [6.07, 6.45) is 0. The van der Waals surface area contributed by atoms with Crippen LogP contribution in [-0.4, -0.2) is 6.61 Å². The lowest BCUT2D eigenvalue weighted by molar-refractivity contribution is 0.340. The highest BCUT2D eigenvalue weighted by molar-refractivity contribution is 5.51. The minimum atomic E-state index is -0.184. The van der Waals surface area contributed by atoms with Gasteiger partial charge in [-0.3, -0.25) is 0 Å². The number of hydrogen-bond acceptors (Lipinski definition) is 2. The third kappa shape index (κ3) is 3.47. The fourth-order valence-electron chi connectivity index (χ4n) is 1.87. The van der Waals surface area contributed by atoms with Gasteiger partial charge in [-0.25, -0.2) is 4.39 Å². The first-order chi connectivity index (χ1) is 9.20. The normalized spacial score (nSPS) is 10.3. The van der Waals surface area contributed by atoms with Crippen molar-refractivity contribution in [3.8, 4) is 5.75 Å². The highest BCUT2D eigenvalue weighted by Crippen LogP contribution is 2.19. The van der Waals surface area contributed by atoms with Crippen LogP contribution in [0.1, 0.15) is 18.1 Å². The molecule has 2 aromatic rings. The van der Waals surface area contributed by atoms with Crippen LogP contribution in [0, 0.1) is 12.7 Å². The van der Waals surface area contributed by atoms with Crippen LogP contribution in [-0.2, 0) is 6.54 Å². The van der Waals surface area contributed by atoms with E-state index in [0.717, 1.165) is 17.0 Å². The third-order valence-electron chi connectivity index (χ3n) is 2.99. The zero-order valence-electron chi connectivity index (χ0n) is 11.2. The standard InChI is InChI=1S/C16H18FNO/c1-3-19-14-9-7-13(8-10-14)11-18-16-6-4-5-15(17)12(16)2/h4-10,18H,3,11H2,1-2H3. The average molecular weight is 259 g/mol. The van der Waals surface area contributed by atoms with E-state index in [2.05, 4.69) is 5.32 Å². The second-order valence-corrected chi connectivity index (χ2v) is 4.34. The van der Waals surface area contributed by atoms with Crippen LogP contribution in [0.15, 0.2) is 42.5 Å². The Kier molecular flexibility index (Phi) is 4.39. The lowest BCUT2D eigenvalue weighted by atomic mass is 10.1. The summed E-state index contributed by atoms with van der Waals surface area (Å²) in [5.74, 6) is 0.685. The van der Waals surface area contributed by atoms with E-state index in [9.17, 15) is 4.39 Å². The van der Waals surface area contributed by atoms with Crippen molar-refractivity contribution in [2.45, 2.75) is 20.4 Å². The highest BCUT2D eigenvalue weighted by Gasteiger charge is 2.02. The molecule has 0 saturated heterocycles. The number of rotatable bonds is 5. The summed E-state index contributed by atoms with van der Waals surface area (Å²) in [5, 5.41) is 3.24. The van der Waals surface area contributed by atoms with Gasteiger partial charge in [-0.1, -0.05) is 18.2 Å². The molecular formula is C16H18FNO. The molecule has 0 heterocycles. The van der Waals surface area contributed by atoms with E-state index in [1.807, 2.05) is 37.3 Å². The molecular weight excluding hydrogens is 241 g/mol. The Hall–Kier alpha value is -2.03. The second kappa shape index (κ2) is 6.23. The molecule has 0 aliphatic heterocycles. The number of halogens is 1. The molecule has 100 valence electrons. The van der Waals surface area contributed by atoms with Crippen LogP contribution < -0.4 is 10.1 Å². The molecule has 0 bridgehead atoms. The van der Waals surface area contributed by atoms with Crippen molar-refractivity contribution in [2.24, 2.45) is 0 Å². The van der Waals surface area contributed by atoms with Gasteiger partial charge in [-0.15, -0.1) is 0 Å². The Bertz CT molecular complexity index is 537. The minimum Gasteiger partial charge on any atom is -0.494 e. The van der Waals surface area contributed by atoms with Gasteiger partial charge in [0.05, 0.1) is 6.61 Å². The lowest BCUT2D eigenvalue weighted by Crippen LogP contribution is -2.02. The van der Waals surface area contributed by atoms with Gasteiger partial charge < -0.3 is 10.1 Å². The minimum absolute atomic E-state index is 0.184. The van der Waals surface area contributed by atoms with Gasteiger partial charge in [0.25, 0.3) is 0 Å². The quantitative estimate of drug-likeness (QED) is 0.871. The van der Waals surface area contributed by atoms with Crippen LogP contribution in [0.2, 0.25) is 0 Å². The maximum absolute atomic E-state index is 13.4. The van der Waals surface area contributed by atoms with Crippen molar-refractivity contribution < 1.29 is 9.13 Å². The Morgan fingerprint density at radius 3 is 2.53 bits per heavy atom. The zero-order chi connectivity index (χ0) is 13.7. The van der Waals surface area contributed by atoms with Gasteiger partial charge in [0.1, 0.15) is 11.6 Å². The van der Waals surface area contributed by atoms with Crippen molar-refractivity contribution in [3.63, 3.8) is 0 Å². The van der Waals surface area contributed by atoms with Gasteiger partial charge in [0.15, 0.2) is 0 Å². The smallest absolute Gasteiger partial charge is 0.128 e. The van der Waals surface area contributed by atoms with Gasteiger partial charge in [0.2, 0.25) is 0 Å². The SMILES string of the molecule is CCOc1ccc(CNc2cccc(F)c2C)cc1. The molecule has 0 aromatic heterocycles. The van der Waals surface area contributed by atoms with E-state index < -0.39 is 0 Å². The van der Waals surface area contributed by atoms with E-state index in [-0.39, 0.29) is 5.82 Å². The van der Waals surface area contributed by atoms with E-state index in [1.165, 1.54) is 6.07 Å². The van der Waals surface area contributed by atoms with Crippen molar-refractivity contribution in [1.82, 2.24) is 0 Å². The summed E-state index contributed by atoms with van der Waals surface area (Å²) in [6, 6.07) is 13.0. The number of anilines is 1. The molecule has 3 heteroatoms. The summed E-state index contributed by atoms with van der Waals surface area (Å²) >= 11 is 0. The predicted octanol–water partition coefficient (Wildman–Crippen LogP) is 4.14. The molecule has 2 rings (SSSR count). The molecule has 1 N–H and O–H groups in total. The summed E-state index contributed by atoms with van der Waals surface area (Å²) in [6.45, 7) is 5.06. The molecule has 0 radical (unpaired) electrons. The van der Waals surface area contributed by atoms with E-state index >= 15 is 0 Å². The molecule has 19 heavy (non-hydrogen) atoms. The van der Waals surface area contributed by atoms with Crippen molar-refractivity contribution in [1.29, 1.82) is 0 Å². The molecule has 0 aliphatic rings. The van der Waals surface area contributed by atoms with Crippen molar-refractivity contribution in [2.75, 3.05) is 11.9 Å². The number of ether oxygens (including phenoxy) is 1. The van der Waals surface area contributed by atoms with Crippen LogP contribution >= 0.6 is 0 Å². The molecule has 0 amide bonds. The third-order valence-corrected chi connectivity index (χ3v) is 2.99. The van der Waals surface area contributed by atoms with Gasteiger partial charge >= 0.3 is 0 Å². The predicted molar refractivity (Wildman–Crippen MR) is 76.1 cm³/mol. The van der Waals surface area contributed by atoms with Crippen molar-refractivity contribution >= 4 is 5.69 Å². The molecule has 0 saturated carbocycles. The second-order valence-electron chi connectivity index (χ2n) is 4.34. The van der Waals surface area contributed by atoms with Gasteiger partial charge in [-0.05, 0) is 43.7 Å². The fourth-order valence-corrected chi connectivity index (χ4v) is 1.87. The van der Waals surface area contributed by atoms with E-state index in [0.29, 0.717) is 18.7 Å². The maximum atomic E-state index is 13.4. The average Bonchev–Trinajstić information content (AvgIpc) is 2.42.